The minimum absolute atomic E-state index is 0.198. The van der Waals surface area contributed by atoms with Crippen molar-refractivity contribution in [1.82, 2.24) is 9.88 Å². The topological polar surface area (TPSA) is 77.4 Å². The summed E-state index contributed by atoms with van der Waals surface area (Å²) in [6, 6.07) is 22.8. The summed E-state index contributed by atoms with van der Waals surface area (Å²) in [7, 11) is 1.92. The fourth-order valence-corrected chi connectivity index (χ4v) is 4.53. The van der Waals surface area contributed by atoms with Gasteiger partial charge in [0.2, 0.25) is 5.78 Å². The minimum atomic E-state index is -0.901. The Kier molecular flexibility index (Phi) is 8.09. The Balaban J connectivity index is 1.57. The number of hydrogen-bond acceptors (Lipinski definition) is 4. The van der Waals surface area contributed by atoms with Crippen molar-refractivity contribution in [3.8, 4) is 11.3 Å². The van der Waals surface area contributed by atoms with Crippen LogP contribution in [0, 0.1) is 5.92 Å². The van der Waals surface area contributed by atoms with E-state index in [1.165, 1.54) is 0 Å². The number of benzene rings is 3. The van der Waals surface area contributed by atoms with E-state index in [1.54, 1.807) is 24.3 Å². The van der Waals surface area contributed by atoms with Gasteiger partial charge in [-0.15, -0.1) is 0 Å². The molecular formula is C30H29ClN2O4. The zero-order valence-corrected chi connectivity index (χ0v) is 21.8. The van der Waals surface area contributed by atoms with Gasteiger partial charge in [0.1, 0.15) is 6.04 Å². The molecule has 1 aromatic heterocycles. The molecule has 0 saturated heterocycles. The summed E-state index contributed by atoms with van der Waals surface area (Å²) >= 11 is 5.92. The number of ether oxygens (including phenoxy) is 1. The lowest BCUT2D eigenvalue weighted by Gasteiger charge is -2.22. The normalized spacial score (nSPS) is 12.6. The Bertz CT molecular complexity index is 1430. The number of aromatic nitrogens is 1. The molecule has 3 aromatic carbocycles. The highest BCUT2D eigenvalue weighted by Crippen LogP contribution is 2.33. The number of nitrogens with zero attached hydrogens (tertiary/aromatic N) is 1. The van der Waals surface area contributed by atoms with Gasteiger partial charge in [-0.3, -0.25) is 9.59 Å². The SMILES string of the molecule is CCC(C)C(NC(=O)c1ccc(Cl)cc1)C(=O)OCC(=O)c1c(-c2ccccc2)n(C)c2ccccc12. The maximum atomic E-state index is 13.5. The first-order valence-electron chi connectivity index (χ1n) is 12.2. The van der Waals surface area contributed by atoms with E-state index in [0.29, 0.717) is 22.6 Å². The van der Waals surface area contributed by atoms with Crippen LogP contribution in [-0.4, -0.2) is 34.9 Å². The molecule has 0 saturated carbocycles. The van der Waals surface area contributed by atoms with Gasteiger partial charge in [-0.05, 0) is 41.8 Å². The van der Waals surface area contributed by atoms with Crippen LogP contribution < -0.4 is 5.32 Å². The molecule has 4 rings (SSSR count). The summed E-state index contributed by atoms with van der Waals surface area (Å²) in [4.78, 5) is 39.4. The molecule has 0 radical (unpaired) electrons. The van der Waals surface area contributed by atoms with Crippen LogP contribution in [0.3, 0.4) is 0 Å². The molecule has 0 aliphatic carbocycles. The first-order valence-corrected chi connectivity index (χ1v) is 12.6. The Morgan fingerprint density at radius 1 is 0.946 bits per heavy atom. The molecule has 0 aliphatic heterocycles. The maximum absolute atomic E-state index is 13.5. The van der Waals surface area contributed by atoms with Gasteiger partial charge < -0.3 is 14.6 Å². The molecule has 4 aromatic rings. The molecule has 7 heteroatoms. The predicted molar refractivity (Wildman–Crippen MR) is 146 cm³/mol. The smallest absolute Gasteiger partial charge is 0.329 e. The second kappa shape index (κ2) is 11.4. The van der Waals surface area contributed by atoms with Gasteiger partial charge in [-0.2, -0.15) is 0 Å². The van der Waals surface area contributed by atoms with Gasteiger partial charge in [-0.25, -0.2) is 4.79 Å². The lowest BCUT2D eigenvalue weighted by molar-refractivity contribution is -0.146. The van der Waals surface area contributed by atoms with E-state index < -0.39 is 24.5 Å². The zero-order chi connectivity index (χ0) is 26.5. The predicted octanol–water partition coefficient (Wildman–Crippen LogP) is 6.07. The molecular weight excluding hydrogens is 488 g/mol. The van der Waals surface area contributed by atoms with Gasteiger partial charge in [0.25, 0.3) is 5.91 Å². The first kappa shape index (κ1) is 26.2. The molecule has 0 fully saturated rings. The molecule has 1 N–H and O–H groups in total. The summed E-state index contributed by atoms with van der Waals surface area (Å²) in [6.45, 7) is 3.34. The molecule has 0 aliphatic rings. The monoisotopic (exact) mass is 516 g/mol. The van der Waals surface area contributed by atoms with Crippen molar-refractivity contribution in [2.24, 2.45) is 13.0 Å². The summed E-state index contributed by atoms with van der Waals surface area (Å²) < 4.78 is 7.49. The minimum Gasteiger partial charge on any atom is -0.456 e. The van der Waals surface area contributed by atoms with Crippen LogP contribution in [0.2, 0.25) is 5.02 Å². The van der Waals surface area contributed by atoms with E-state index in [1.807, 2.05) is 80.1 Å². The number of esters is 1. The largest absolute Gasteiger partial charge is 0.456 e. The Labute approximate surface area is 221 Å². The van der Waals surface area contributed by atoms with Crippen LogP contribution in [0.5, 0.6) is 0 Å². The van der Waals surface area contributed by atoms with Crippen molar-refractivity contribution in [3.05, 3.63) is 95.0 Å². The fourth-order valence-electron chi connectivity index (χ4n) is 4.40. The Morgan fingerprint density at radius 2 is 1.59 bits per heavy atom. The number of carbonyl (C=O) groups is 3. The molecule has 0 spiro atoms. The second-order valence-corrected chi connectivity index (χ2v) is 9.48. The van der Waals surface area contributed by atoms with Crippen molar-refractivity contribution in [3.63, 3.8) is 0 Å². The van der Waals surface area contributed by atoms with Crippen LogP contribution in [0.4, 0.5) is 0 Å². The van der Waals surface area contributed by atoms with Crippen LogP contribution in [-0.2, 0) is 16.6 Å². The average Bonchev–Trinajstić information content (AvgIpc) is 3.22. The summed E-state index contributed by atoms with van der Waals surface area (Å²) in [5, 5.41) is 4.07. The first-order chi connectivity index (χ1) is 17.8. The quantitative estimate of drug-likeness (QED) is 0.216. The van der Waals surface area contributed by atoms with E-state index in [-0.39, 0.29) is 11.7 Å². The number of aryl methyl sites for hydroxylation is 1. The van der Waals surface area contributed by atoms with Crippen molar-refractivity contribution >= 4 is 40.2 Å². The van der Waals surface area contributed by atoms with Crippen LogP contribution >= 0.6 is 11.6 Å². The highest BCUT2D eigenvalue weighted by Gasteiger charge is 2.29. The van der Waals surface area contributed by atoms with Crippen LogP contribution in [0.25, 0.3) is 22.2 Å². The van der Waals surface area contributed by atoms with E-state index in [4.69, 9.17) is 16.3 Å². The number of halogens is 1. The van der Waals surface area contributed by atoms with Gasteiger partial charge in [0.15, 0.2) is 6.61 Å². The maximum Gasteiger partial charge on any atom is 0.329 e. The van der Waals surface area contributed by atoms with Crippen molar-refractivity contribution in [2.75, 3.05) is 6.61 Å². The van der Waals surface area contributed by atoms with Crippen molar-refractivity contribution in [2.45, 2.75) is 26.3 Å². The number of hydrogen-bond donors (Lipinski definition) is 1. The molecule has 1 heterocycles. The average molecular weight is 517 g/mol. The van der Waals surface area contributed by atoms with E-state index in [0.717, 1.165) is 22.2 Å². The third-order valence-corrected chi connectivity index (χ3v) is 6.89. The molecule has 2 unspecified atom stereocenters. The van der Waals surface area contributed by atoms with Gasteiger partial charge in [0, 0.05) is 28.5 Å². The molecule has 190 valence electrons. The number of Topliss-reactive ketones (excluding diaryl/α,β-unsaturated/α-hetero) is 1. The highest BCUT2D eigenvalue weighted by atomic mass is 35.5. The van der Waals surface area contributed by atoms with Crippen molar-refractivity contribution in [1.29, 1.82) is 0 Å². The number of nitrogens with one attached hydrogen (secondary N) is 1. The number of ketones is 1. The van der Waals surface area contributed by atoms with E-state index in [2.05, 4.69) is 5.32 Å². The number of para-hydroxylation sites is 1. The lowest BCUT2D eigenvalue weighted by Crippen LogP contribution is -2.46. The Hall–Kier alpha value is -3.90. The number of rotatable bonds is 9. The fraction of sp³-hybridized carbons (Fsp3) is 0.233. The van der Waals surface area contributed by atoms with E-state index >= 15 is 0 Å². The second-order valence-electron chi connectivity index (χ2n) is 9.04. The molecule has 2 atom stereocenters. The molecule has 1 amide bonds. The van der Waals surface area contributed by atoms with Gasteiger partial charge in [0.05, 0.1) is 11.3 Å². The standard InChI is InChI=1S/C30H29ClN2O4/c1-4-19(2)27(32-29(35)21-14-16-22(31)17-15-21)30(36)37-18-25(34)26-23-12-8-9-13-24(23)33(3)28(26)20-10-6-5-7-11-20/h5-17,19,27H,4,18H2,1-3H3,(H,32,35). The zero-order valence-electron chi connectivity index (χ0n) is 21.0. The molecule has 6 nitrogen and oxygen atoms in total. The third-order valence-electron chi connectivity index (χ3n) is 6.64. The highest BCUT2D eigenvalue weighted by molar-refractivity contribution is 6.30. The summed E-state index contributed by atoms with van der Waals surface area (Å²) in [6.07, 6.45) is 0.635. The number of fused-ring (bicyclic) bond motifs is 1. The number of amides is 1. The third kappa shape index (κ3) is 5.59. The van der Waals surface area contributed by atoms with Gasteiger partial charge >= 0.3 is 5.97 Å². The molecule has 0 bridgehead atoms. The summed E-state index contributed by atoms with van der Waals surface area (Å²) in [5.41, 5.74) is 3.44. The molecule has 37 heavy (non-hydrogen) atoms. The number of carbonyl (C=O) groups excluding carboxylic acids is 3. The summed E-state index contributed by atoms with van der Waals surface area (Å²) in [5.74, 6) is -1.57. The Morgan fingerprint density at radius 3 is 2.27 bits per heavy atom. The van der Waals surface area contributed by atoms with Crippen molar-refractivity contribution < 1.29 is 19.1 Å². The van der Waals surface area contributed by atoms with Gasteiger partial charge in [-0.1, -0.05) is 80.4 Å². The van der Waals surface area contributed by atoms with E-state index in [9.17, 15) is 14.4 Å². The van der Waals surface area contributed by atoms with Crippen LogP contribution in [0.1, 0.15) is 41.0 Å². The lowest BCUT2D eigenvalue weighted by atomic mass is 9.98. The van der Waals surface area contributed by atoms with Crippen LogP contribution in [0.15, 0.2) is 78.9 Å².